The van der Waals surface area contributed by atoms with E-state index in [1.165, 1.54) is 18.7 Å². The Kier molecular flexibility index (Phi) is 4.21. The van der Waals surface area contributed by atoms with E-state index < -0.39 is 4.92 Å². The van der Waals surface area contributed by atoms with Crippen LogP contribution in [-0.2, 0) is 0 Å². The Morgan fingerprint density at radius 3 is 2.79 bits per heavy atom. The van der Waals surface area contributed by atoms with Crippen molar-refractivity contribution in [3.63, 3.8) is 0 Å². The first kappa shape index (κ1) is 14.0. The average molecular weight is 286 g/mol. The van der Waals surface area contributed by atoms with Gasteiger partial charge in [0.2, 0.25) is 0 Å². The largest absolute Gasteiger partial charge is 0.396 e. The van der Waals surface area contributed by atoms with Crippen molar-refractivity contribution in [3.8, 4) is 0 Å². The monoisotopic (exact) mass is 285 g/mol. The normalized spacial score (nSPS) is 16.7. The standard InChI is InChI=1S/C12H16ClN3O3/c13-10-6-9(16(18)19)7-14-11(10)15-8-12(4-5-17)2-1-3-12/h6-7,17H,1-5,8H2,(H,14,15). The zero-order valence-corrected chi connectivity index (χ0v) is 11.2. The van der Waals surface area contributed by atoms with Crippen molar-refractivity contribution in [1.82, 2.24) is 4.98 Å². The Labute approximate surface area is 116 Å². The van der Waals surface area contributed by atoms with Crippen molar-refractivity contribution in [2.45, 2.75) is 25.7 Å². The van der Waals surface area contributed by atoms with Gasteiger partial charge in [-0.3, -0.25) is 10.1 Å². The predicted octanol–water partition coefficient (Wildman–Crippen LogP) is 2.61. The number of pyridine rings is 1. The number of halogens is 1. The Hall–Kier alpha value is -1.40. The third-order valence-electron chi connectivity index (χ3n) is 3.72. The highest BCUT2D eigenvalue weighted by Gasteiger charge is 2.36. The second kappa shape index (κ2) is 5.71. The van der Waals surface area contributed by atoms with E-state index in [4.69, 9.17) is 16.7 Å². The molecule has 0 unspecified atom stereocenters. The lowest BCUT2D eigenvalue weighted by atomic mass is 9.67. The van der Waals surface area contributed by atoms with Gasteiger partial charge in [-0.2, -0.15) is 0 Å². The molecule has 0 aliphatic heterocycles. The third kappa shape index (κ3) is 3.13. The second-order valence-electron chi connectivity index (χ2n) is 4.96. The molecule has 0 bridgehead atoms. The van der Waals surface area contributed by atoms with Crippen LogP contribution in [0.1, 0.15) is 25.7 Å². The van der Waals surface area contributed by atoms with Crippen LogP contribution in [0.2, 0.25) is 5.02 Å². The molecule has 0 saturated heterocycles. The molecule has 1 aliphatic rings. The molecule has 1 aromatic heterocycles. The van der Waals surface area contributed by atoms with Gasteiger partial charge in [0, 0.05) is 19.2 Å². The van der Waals surface area contributed by atoms with Gasteiger partial charge < -0.3 is 10.4 Å². The summed E-state index contributed by atoms with van der Waals surface area (Å²) < 4.78 is 0. The maximum absolute atomic E-state index is 10.6. The van der Waals surface area contributed by atoms with Crippen LogP contribution in [0, 0.1) is 15.5 Å². The highest BCUT2D eigenvalue weighted by atomic mass is 35.5. The van der Waals surface area contributed by atoms with Gasteiger partial charge >= 0.3 is 0 Å². The molecular weight excluding hydrogens is 270 g/mol. The van der Waals surface area contributed by atoms with Gasteiger partial charge in [0.1, 0.15) is 12.0 Å². The minimum absolute atomic E-state index is 0.113. The molecule has 1 heterocycles. The minimum Gasteiger partial charge on any atom is -0.396 e. The molecule has 0 aromatic carbocycles. The molecule has 19 heavy (non-hydrogen) atoms. The fraction of sp³-hybridized carbons (Fsp3) is 0.583. The number of hydrogen-bond acceptors (Lipinski definition) is 5. The van der Waals surface area contributed by atoms with Gasteiger partial charge in [0.05, 0.1) is 9.95 Å². The maximum atomic E-state index is 10.6. The van der Waals surface area contributed by atoms with E-state index in [1.807, 2.05) is 0 Å². The number of aliphatic hydroxyl groups excluding tert-OH is 1. The van der Waals surface area contributed by atoms with Crippen LogP contribution in [0.5, 0.6) is 0 Å². The summed E-state index contributed by atoms with van der Waals surface area (Å²) in [5.41, 5.74) is -0.00842. The van der Waals surface area contributed by atoms with E-state index in [0.717, 1.165) is 19.3 Å². The fourth-order valence-corrected chi connectivity index (χ4v) is 2.59. The highest BCUT2D eigenvalue weighted by molar-refractivity contribution is 6.33. The average Bonchev–Trinajstić information content (AvgIpc) is 2.33. The van der Waals surface area contributed by atoms with E-state index in [9.17, 15) is 10.1 Å². The quantitative estimate of drug-likeness (QED) is 0.619. The van der Waals surface area contributed by atoms with Crippen molar-refractivity contribution < 1.29 is 10.0 Å². The molecule has 0 atom stereocenters. The first-order valence-electron chi connectivity index (χ1n) is 6.21. The molecule has 2 N–H and O–H groups in total. The smallest absolute Gasteiger partial charge is 0.289 e. The van der Waals surface area contributed by atoms with Gasteiger partial charge in [0.15, 0.2) is 0 Å². The summed E-state index contributed by atoms with van der Waals surface area (Å²) in [5, 5.41) is 23.0. The summed E-state index contributed by atoms with van der Waals surface area (Å²) in [6.45, 7) is 0.848. The molecule has 6 nitrogen and oxygen atoms in total. The third-order valence-corrected chi connectivity index (χ3v) is 4.01. The van der Waals surface area contributed by atoms with Gasteiger partial charge in [-0.15, -0.1) is 0 Å². The van der Waals surface area contributed by atoms with Crippen LogP contribution >= 0.6 is 11.6 Å². The van der Waals surface area contributed by atoms with Crippen LogP contribution < -0.4 is 5.32 Å². The van der Waals surface area contributed by atoms with E-state index in [0.29, 0.717) is 12.4 Å². The molecular formula is C12H16ClN3O3. The van der Waals surface area contributed by atoms with E-state index >= 15 is 0 Å². The molecule has 7 heteroatoms. The van der Waals surface area contributed by atoms with Crippen molar-refractivity contribution in [1.29, 1.82) is 0 Å². The molecule has 1 fully saturated rings. The number of anilines is 1. The highest BCUT2D eigenvalue weighted by Crippen LogP contribution is 2.44. The second-order valence-corrected chi connectivity index (χ2v) is 5.37. The Morgan fingerprint density at radius 1 is 1.58 bits per heavy atom. The molecule has 104 valence electrons. The summed E-state index contributed by atoms with van der Waals surface area (Å²) in [6, 6.07) is 1.29. The Morgan fingerprint density at radius 2 is 2.32 bits per heavy atom. The molecule has 2 rings (SSSR count). The van der Waals surface area contributed by atoms with Crippen molar-refractivity contribution >= 4 is 23.1 Å². The lowest BCUT2D eigenvalue weighted by molar-refractivity contribution is -0.385. The van der Waals surface area contributed by atoms with Crippen LogP contribution in [0.3, 0.4) is 0 Å². The number of aromatic nitrogens is 1. The molecule has 1 aromatic rings. The predicted molar refractivity (Wildman–Crippen MR) is 72.4 cm³/mol. The molecule has 0 amide bonds. The van der Waals surface area contributed by atoms with Gasteiger partial charge in [0.25, 0.3) is 5.69 Å². The van der Waals surface area contributed by atoms with E-state index in [2.05, 4.69) is 10.3 Å². The van der Waals surface area contributed by atoms with Crippen molar-refractivity contribution in [2.24, 2.45) is 5.41 Å². The summed E-state index contributed by atoms with van der Waals surface area (Å²) in [6.07, 6.45) is 5.26. The van der Waals surface area contributed by atoms with E-state index in [1.54, 1.807) is 0 Å². The lowest BCUT2D eigenvalue weighted by Gasteiger charge is -2.42. The van der Waals surface area contributed by atoms with Crippen molar-refractivity contribution in [3.05, 3.63) is 27.4 Å². The zero-order chi connectivity index (χ0) is 13.9. The van der Waals surface area contributed by atoms with Crippen LogP contribution in [0.4, 0.5) is 11.5 Å². The minimum atomic E-state index is -0.526. The number of rotatable bonds is 6. The maximum Gasteiger partial charge on any atom is 0.289 e. The molecule has 0 spiro atoms. The summed E-state index contributed by atoms with van der Waals surface area (Å²) >= 11 is 5.96. The first-order chi connectivity index (χ1) is 9.06. The first-order valence-corrected chi connectivity index (χ1v) is 6.59. The zero-order valence-electron chi connectivity index (χ0n) is 10.4. The Balaban J connectivity index is 2.01. The molecule has 1 aliphatic carbocycles. The number of aliphatic hydroxyl groups is 1. The van der Waals surface area contributed by atoms with E-state index in [-0.39, 0.29) is 22.7 Å². The van der Waals surface area contributed by atoms with Crippen LogP contribution in [0.25, 0.3) is 0 Å². The summed E-state index contributed by atoms with van der Waals surface area (Å²) in [5.74, 6) is 0.455. The van der Waals surface area contributed by atoms with Crippen LogP contribution in [-0.4, -0.2) is 28.2 Å². The topological polar surface area (TPSA) is 88.3 Å². The Bertz CT molecular complexity index is 477. The fourth-order valence-electron chi connectivity index (χ4n) is 2.36. The number of hydrogen-bond donors (Lipinski definition) is 2. The SMILES string of the molecule is O=[N+]([O-])c1cnc(NCC2(CCO)CCC2)c(Cl)c1. The lowest BCUT2D eigenvalue weighted by Crippen LogP contribution is -2.37. The summed E-state index contributed by atoms with van der Waals surface area (Å²) in [4.78, 5) is 14.0. The van der Waals surface area contributed by atoms with Gasteiger partial charge in [-0.05, 0) is 24.7 Å². The molecule has 1 saturated carbocycles. The van der Waals surface area contributed by atoms with Crippen molar-refractivity contribution in [2.75, 3.05) is 18.5 Å². The van der Waals surface area contributed by atoms with Crippen LogP contribution in [0.15, 0.2) is 12.3 Å². The van der Waals surface area contributed by atoms with Gasteiger partial charge in [-0.1, -0.05) is 18.0 Å². The molecule has 0 radical (unpaired) electrons. The summed E-state index contributed by atoms with van der Waals surface area (Å²) in [7, 11) is 0. The number of nitrogens with zero attached hydrogens (tertiary/aromatic N) is 2. The number of nitro groups is 1. The van der Waals surface area contributed by atoms with Gasteiger partial charge in [-0.25, -0.2) is 4.98 Å². The number of nitrogens with one attached hydrogen (secondary N) is 1.